The van der Waals surface area contributed by atoms with Gasteiger partial charge >= 0.3 is 5.97 Å². The van der Waals surface area contributed by atoms with Gasteiger partial charge in [0.1, 0.15) is 0 Å². The topological polar surface area (TPSA) is 76.1 Å². The number of nitrogens with zero attached hydrogens (tertiary/aromatic N) is 1. The van der Waals surface area contributed by atoms with Crippen LogP contribution in [-0.2, 0) is 11.2 Å². The minimum Gasteiger partial charge on any atom is -0.465 e. The van der Waals surface area contributed by atoms with Crippen molar-refractivity contribution in [3.63, 3.8) is 0 Å². The fraction of sp³-hybridized carbons (Fsp3) is 0.200. The summed E-state index contributed by atoms with van der Waals surface area (Å²) in [6, 6.07) is 6.72. The lowest BCUT2D eigenvalue weighted by atomic mass is 10.1. The molecule has 1 rings (SSSR count). The molecule has 0 unspecified atom stereocenters. The second-order valence-corrected chi connectivity index (χ2v) is 2.74. The highest BCUT2D eigenvalue weighted by atomic mass is 16.5. The quantitative estimate of drug-likeness (QED) is 0.560. The maximum Gasteiger partial charge on any atom is 0.337 e. The van der Waals surface area contributed by atoms with Crippen molar-refractivity contribution in [2.24, 2.45) is 0 Å². The normalized spacial score (nSPS) is 9.14. The summed E-state index contributed by atoms with van der Waals surface area (Å²) >= 11 is 0. The molecule has 2 N–H and O–H groups in total. The molecular formula is C10H10N2O2. The largest absolute Gasteiger partial charge is 0.465 e. The van der Waals surface area contributed by atoms with Crippen molar-refractivity contribution in [2.75, 3.05) is 12.8 Å². The van der Waals surface area contributed by atoms with Crippen LogP contribution in [-0.4, -0.2) is 13.1 Å². The Bertz CT molecular complexity index is 394. The highest BCUT2D eigenvalue weighted by Crippen LogP contribution is 2.15. The van der Waals surface area contributed by atoms with Gasteiger partial charge in [-0.2, -0.15) is 5.26 Å². The van der Waals surface area contributed by atoms with E-state index in [0.29, 0.717) is 16.8 Å². The first-order valence-electron chi connectivity index (χ1n) is 4.02. The summed E-state index contributed by atoms with van der Waals surface area (Å²) in [5, 5.41) is 8.51. The van der Waals surface area contributed by atoms with E-state index in [1.54, 1.807) is 18.2 Å². The number of nitrogens with two attached hydrogens (primary N) is 1. The molecule has 0 bridgehead atoms. The fourth-order valence-electron chi connectivity index (χ4n) is 1.09. The highest BCUT2D eigenvalue weighted by molar-refractivity contribution is 5.90. The van der Waals surface area contributed by atoms with Gasteiger partial charge in [0.05, 0.1) is 25.2 Å². The second-order valence-electron chi connectivity index (χ2n) is 2.74. The molecule has 0 aliphatic heterocycles. The third-order valence-electron chi connectivity index (χ3n) is 1.83. The summed E-state index contributed by atoms with van der Waals surface area (Å²) in [5.41, 5.74) is 7.18. The molecule has 0 atom stereocenters. The van der Waals surface area contributed by atoms with Gasteiger partial charge in [-0.3, -0.25) is 0 Å². The molecule has 0 amide bonds. The zero-order valence-corrected chi connectivity index (χ0v) is 7.78. The van der Waals surface area contributed by atoms with Gasteiger partial charge in [0.2, 0.25) is 0 Å². The molecular weight excluding hydrogens is 180 g/mol. The average molecular weight is 190 g/mol. The molecule has 0 fully saturated rings. The molecule has 1 aromatic carbocycles. The molecule has 0 aromatic heterocycles. The molecule has 0 radical (unpaired) electrons. The lowest BCUT2D eigenvalue weighted by Crippen LogP contribution is -2.03. The van der Waals surface area contributed by atoms with Crippen LogP contribution >= 0.6 is 0 Å². The van der Waals surface area contributed by atoms with Gasteiger partial charge in [0.15, 0.2) is 0 Å². The van der Waals surface area contributed by atoms with Crippen molar-refractivity contribution < 1.29 is 9.53 Å². The van der Waals surface area contributed by atoms with Gasteiger partial charge in [-0.25, -0.2) is 4.79 Å². The number of hydrogen-bond donors (Lipinski definition) is 1. The Hall–Kier alpha value is -2.02. The summed E-state index contributed by atoms with van der Waals surface area (Å²) in [5.74, 6) is -0.427. The number of anilines is 1. The Balaban J connectivity index is 3.07. The molecule has 0 heterocycles. The number of rotatable bonds is 2. The van der Waals surface area contributed by atoms with Crippen LogP contribution in [0.3, 0.4) is 0 Å². The molecule has 0 saturated carbocycles. The number of benzene rings is 1. The zero-order valence-electron chi connectivity index (χ0n) is 7.78. The SMILES string of the molecule is COC(=O)c1ccc(N)c(CC#N)c1. The standard InChI is InChI=1S/C10H10N2O2/c1-14-10(13)8-2-3-9(12)7(6-8)4-5-11/h2-3,6H,4,12H2,1H3. The fourth-order valence-corrected chi connectivity index (χ4v) is 1.09. The van der Waals surface area contributed by atoms with Crippen LogP contribution in [0.2, 0.25) is 0 Å². The Kier molecular flexibility index (Phi) is 3.08. The number of carbonyl (C=O) groups is 1. The smallest absolute Gasteiger partial charge is 0.337 e. The lowest BCUT2D eigenvalue weighted by Gasteiger charge is -2.04. The van der Waals surface area contributed by atoms with Crippen molar-refractivity contribution in [2.45, 2.75) is 6.42 Å². The summed E-state index contributed by atoms with van der Waals surface area (Å²) < 4.78 is 4.55. The van der Waals surface area contributed by atoms with Gasteiger partial charge in [-0.15, -0.1) is 0 Å². The molecule has 72 valence electrons. The van der Waals surface area contributed by atoms with Crippen LogP contribution in [0, 0.1) is 11.3 Å². The number of esters is 1. The van der Waals surface area contributed by atoms with Crippen LogP contribution in [0.1, 0.15) is 15.9 Å². The summed E-state index contributed by atoms with van der Waals surface area (Å²) in [4.78, 5) is 11.1. The van der Waals surface area contributed by atoms with Crippen molar-refractivity contribution >= 4 is 11.7 Å². The first-order valence-corrected chi connectivity index (χ1v) is 4.02. The van der Waals surface area contributed by atoms with E-state index >= 15 is 0 Å². The van der Waals surface area contributed by atoms with E-state index in [9.17, 15) is 4.79 Å². The predicted molar refractivity (Wildman–Crippen MR) is 51.5 cm³/mol. The molecule has 0 aliphatic rings. The summed E-state index contributed by atoms with van der Waals surface area (Å²) in [6.45, 7) is 0. The molecule has 0 aliphatic carbocycles. The molecule has 14 heavy (non-hydrogen) atoms. The Morgan fingerprint density at radius 1 is 1.64 bits per heavy atom. The van der Waals surface area contributed by atoms with Crippen LogP contribution in [0.5, 0.6) is 0 Å². The van der Waals surface area contributed by atoms with E-state index < -0.39 is 5.97 Å². The van der Waals surface area contributed by atoms with E-state index in [4.69, 9.17) is 11.0 Å². The van der Waals surface area contributed by atoms with Crippen LogP contribution < -0.4 is 5.73 Å². The van der Waals surface area contributed by atoms with E-state index in [-0.39, 0.29) is 6.42 Å². The Morgan fingerprint density at radius 2 is 2.36 bits per heavy atom. The second kappa shape index (κ2) is 4.28. The van der Waals surface area contributed by atoms with E-state index in [2.05, 4.69) is 4.74 Å². The molecule has 0 spiro atoms. The average Bonchev–Trinajstić information content (AvgIpc) is 2.20. The number of hydrogen-bond acceptors (Lipinski definition) is 4. The lowest BCUT2D eigenvalue weighted by molar-refractivity contribution is 0.0600. The minimum absolute atomic E-state index is 0.191. The molecule has 4 nitrogen and oxygen atoms in total. The number of nitriles is 1. The Labute approximate surface area is 81.9 Å². The van der Waals surface area contributed by atoms with Gasteiger partial charge in [-0.05, 0) is 23.8 Å². The molecule has 0 saturated heterocycles. The summed E-state index contributed by atoms with van der Waals surface area (Å²) in [6.07, 6.45) is 0.191. The third-order valence-corrected chi connectivity index (χ3v) is 1.83. The zero-order chi connectivity index (χ0) is 10.6. The van der Waals surface area contributed by atoms with Crippen molar-refractivity contribution in [1.82, 2.24) is 0 Å². The van der Waals surface area contributed by atoms with Gasteiger partial charge < -0.3 is 10.5 Å². The molecule has 1 aromatic rings. The minimum atomic E-state index is -0.427. The molecule has 4 heteroatoms. The maximum absolute atomic E-state index is 11.1. The summed E-state index contributed by atoms with van der Waals surface area (Å²) in [7, 11) is 1.31. The number of carbonyl (C=O) groups excluding carboxylic acids is 1. The first-order chi connectivity index (χ1) is 6.69. The number of methoxy groups -OCH3 is 1. The van der Waals surface area contributed by atoms with Crippen LogP contribution in [0.15, 0.2) is 18.2 Å². The van der Waals surface area contributed by atoms with Crippen LogP contribution in [0.25, 0.3) is 0 Å². The Morgan fingerprint density at radius 3 is 2.93 bits per heavy atom. The van der Waals surface area contributed by atoms with Crippen molar-refractivity contribution in [3.05, 3.63) is 29.3 Å². The number of nitrogen functional groups attached to an aromatic ring is 1. The van der Waals surface area contributed by atoms with E-state index in [0.717, 1.165) is 0 Å². The van der Waals surface area contributed by atoms with Gasteiger partial charge in [-0.1, -0.05) is 0 Å². The third kappa shape index (κ3) is 2.02. The van der Waals surface area contributed by atoms with Crippen LogP contribution in [0.4, 0.5) is 5.69 Å². The van der Waals surface area contributed by atoms with E-state index in [1.807, 2.05) is 6.07 Å². The highest BCUT2D eigenvalue weighted by Gasteiger charge is 2.07. The van der Waals surface area contributed by atoms with Crippen molar-refractivity contribution in [3.8, 4) is 6.07 Å². The van der Waals surface area contributed by atoms with Gasteiger partial charge in [0, 0.05) is 5.69 Å². The predicted octanol–water partition coefficient (Wildman–Crippen LogP) is 1.12. The van der Waals surface area contributed by atoms with E-state index in [1.165, 1.54) is 7.11 Å². The monoisotopic (exact) mass is 190 g/mol. The first kappa shape index (κ1) is 10.1. The number of ether oxygens (including phenoxy) is 1. The van der Waals surface area contributed by atoms with Crippen molar-refractivity contribution in [1.29, 1.82) is 5.26 Å². The maximum atomic E-state index is 11.1. The van der Waals surface area contributed by atoms with Gasteiger partial charge in [0.25, 0.3) is 0 Å².